The summed E-state index contributed by atoms with van der Waals surface area (Å²) >= 11 is 0. The van der Waals surface area contributed by atoms with Crippen molar-refractivity contribution in [2.24, 2.45) is 0 Å². The average Bonchev–Trinajstić information content (AvgIpc) is 2.78. The van der Waals surface area contributed by atoms with Crippen molar-refractivity contribution in [2.75, 3.05) is 13.2 Å². The maximum atomic E-state index is 12.4. The van der Waals surface area contributed by atoms with Crippen molar-refractivity contribution in [3.63, 3.8) is 0 Å². The molecule has 0 atom stereocenters. The minimum absolute atomic E-state index is 0.278. The molecule has 6 heteroatoms. The predicted octanol–water partition coefficient (Wildman–Crippen LogP) is 6.80. The second-order valence-electron chi connectivity index (χ2n) is 7.19. The Kier molecular flexibility index (Phi) is 7.70. The molecule has 0 heterocycles. The molecule has 3 aromatic carbocycles. The lowest BCUT2D eigenvalue weighted by Crippen LogP contribution is -2.14. The van der Waals surface area contributed by atoms with Gasteiger partial charge in [0.25, 0.3) is 0 Å². The van der Waals surface area contributed by atoms with Gasteiger partial charge in [-0.15, -0.1) is 0 Å². The van der Waals surface area contributed by atoms with Crippen molar-refractivity contribution >= 4 is 33.9 Å². The third kappa shape index (κ3) is 5.08. The van der Waals surface area contributed by atoms with Gasteiger partial charge in [-0.3, -0.25) is 0 Å². The van der Waals surface area contributed by atoms with Gasteiger partial charge in [-0.05, 0) is 24.8 Å². The first-order valence-corrected chi connectivity index (χ1v) is 10.8. The fourth-order valence-corrected chi connectivity index (χ4v) is 3.51. The monoisotopic (exact) mass is 424 g/mol. The van der Waals surface area contributed by atoms with Crippen LogP contribution < -0.4 is 9.47 Å². The van der Waals surface area contributed by atoms with Gasteiger partial charge < -0.3 is 18.9 Å². The fourth-order valence-electron chi connectivity index (χ4n) is 3.51. The first kappa shape index (κ1) is 22.4. The molecule has 0 aromatic heterocycles. The molecule has 31 heavy (non-hydrogen) atoms. The highest BCUT2D eigenvalue weighted by Gasteiger charge is 2.22. The standard InChI is InChI=1S/C25H28O6/c1-4-10-17-11-9-14-20-21(17)23(31-25(27)29-16-6-3)19-13-8-7-12-18(19)22(20)30-24(26)28-15-5-2/h7-9,11-14H,4-6,10,15-16H2,1-3H3. The van der Waals surface area contributed by atoms with Gasteiger partial charge in [-0.2, -0.15) is 0 Å². The molecule has 6 nitrogen and oxygen atoms in total. The molecule has 0 amide bonds. The van der Waals surface area contributed by atoms with E-state index < -0.39 is 12.3 Å². The van der Waals surface area contributed by atoms with Crippen LogP contribution in [0.2, 0.25) is 0 Å². The van der Waals surface area contributed by atoms with E-state index in [1.165, 1.54) is 0 Å². The molecule has 164 valence electrons. The molecule has 0 N–H and O–H groups in total. The zero-order valence-electron chi connectivity index (χ0n) is 18.2. The van der Waals surface area contributed by atoms with Gasteiger partial charge in [0.1, 0.15) is 5.75 Å². The number of ether oxygens (including phenoxy) is 4. The molecule has 0 spiro atoms. The number of hydrogen-bond acceptors (Lipinski definition) is 6. The van der Waals surface area contributed by atoms with Crippen molar-refractivity contribution < 1.29 is 28.5 Å². The van der Waals surface area contributed by atoms with Crippen molar-refractivity contribution in [3.8, 4) is 11.5 Å². The molecule has 0 fully saturated rings. The van der Waals surface area contributed by atoms with Gasteiger partial charge in [0.2, 0.25) is 0 Å². The lowest BCUT2D eigenvalue weighted by atomic mass is 9.95. The van der Waals surface area contributed by atoms with Crippen LogP contribution in [0.15, 0.2) is 42.5 Å². The highest BCUT2D eigenvalue weighted by Crippen LogP contribution is 2.44. The van der Waals surface area contributed by atoms with Crippen LogP contribution in [-0.2, 0) is 15.9 Å². The normalized spacial score (nSPS) is 10.8. The number of carbonyl (C=O) groups is 2. The Morgan fingerprint density at radius 3 is 1.81 bits per heavy atom. The van der Waals surface area contributed by atoms with Crippen molar-refractivity contribution in [3.05, 3.63) is 48.0 Å². The summed E-state index contributed by atoms with van der Waals surface area (Å²) in [7, 11) is 0. The van der Waals surface area contributed by atoms with E-state index in [4.69, 9.17) is 18.9 Å². The SMILES string of the molecule is CCCOC(=O)Oc1c2ccccc2c(OC(=O)OCCC)c2c(CCC)cccc12. The second kappa shape index (κ2) is 10.7. The van der Waals surface area contributed by atoms with Gasteiger partial charge in [0, 0.05) is 21.5 Å². The molecule has 0 radical (unpaired) electrons. The third-order valence-corrected chi connectivity index (χ3v) is 4.78. The number of fused-ring (bicyclic) bond motifs is 2. The van der Waals surface area contributed by atoms with E-state index in [1.807, 2.05) is 56.3 Å². The quantitative estimate of drug-likeness (QED) is 0.225. The summed E-state index contributed by atoms with van der Waals surface area (Å²) in [6, 6.07) is 13.1. The summed E-state index contributed by atoms with van der Waals surface area (Å²) < 4.78 is 21.7. The second-order valence-corrected chi connectivity index (χ2v) is 7.19. The van der Waals surface area contributed by atoms with Crippen LogP contribution in [0.5, 0.6) is 11.5 Å². The number of rotatable bonds is 8. The van der Waals surface area contributed by atoms with Crippen molar-refractivity contribution in [2.45, 2.75) is 46.5 Å². The van der Waals surface area contributed by atoms with E-state index in [2.05, 4.69) is 6.92 Å². The molecule has 0 unspecified atom stereocenters. The fraction of sp³-hybridized carbons (Fsp3) is 0.360. The highest BCUT2D eigenvalue weighted by molar-refractivity contribution is 6.13. The maximum Gasteiger partial charge on any atom is 0.513 e. The van der Waals surface area contributed by atoms with Gasteiger partial charge in [-0.1, -0.05) is 69.7 Å². The first-order chi connectivity index (χ1) is 15.1. The Bertz CT molecular complexity index is 1070. The number of benzene rings is 3. The molecule has 0 saturated carbocycles. The predicted molar refractivity (Wildman–Crippen MR) is 120 cm³/mol. The van der Waals surface area contributed by atoms with Crippen LogP contribution in [0.4, 0.5) is 9.59 Å². The Hall–Kier alpha value is -3.28. The molecule has 3 aromatic rings. The van der Waals surface area contributed by atoms with Crippen LogP contribution in [-0.4, -0.2) is 25.5 Å². The van der Waals surface area contributed by atoms with E-state index in [0.29, 0.717) is 40.5 Å². The van der Waals surface area contributed by atoms with E-state index in [9.17, 15) is 9.59 Å². The minimum Gasteiger partial charge on any atom is -0.434 e. The Balaban J connectivity index is 2.24. The molecular formula is C25H28O6. The van der Waals surface area contributed by atoms with Crippen LogP contribution in [0.1, 0.15) is 45.6 Å². The number of carbonyl (C=O) groups excluding carboxylic acids is 2. The van der Waals surface area contributed by atoms with E-state index >= 15 is 0 Å². The Labute approximate surface area is 182 Å². The minimum atomic E-state index is -0.759. The zero-order valence-corrected chi connectivity index (χ0v) is 18.2. The molecule has 0 aliphatic carbocycles. The van der Waals surface area contributed by atoms with Gasteiger partial charge in [0.15, 0.2) is 5.75 Å². The van der Waals surface area contributed by atoms with E-state index in [1.54, 1.807) is 0 Å². The lowest BCUT2D eigenvalue weighted by Gasteiger charge is -2.18. The lowest BCUT2D eigenvalue weighted by molar-refractivity contribution is 0.0984. The summed E-state index contributed by atoms with van der Waals surface area (Å²) in [4.78, 5) is 24.7. The third-order valence-electron chi connectivity index (χ3n) is 4.78. The Morgan fingerprint density at radius 2 is 1.23 bits per heavy atom. The molecule has 0 bridgehead atoms. The molecule has 0 aliphatic rings. The van der Waals surface area contributed by atoms with Crippen molar-refractivity contribution in [1.82, 2.24) is 0 Å². The summed E-state index contributed by atoms with van der Waals surface area (Å²) in [5.74, 6) is 0.795. The van der Waals surface area contributed by atoms with Crippen LogP contribution in [0.25, 0.3) is 21.5 Å². The van der Waals surface area contributed by atoms with Crippen molar-refractivity contribution in [1.29, 1.82) is 0 Å². The summed E-state index contributed by atoms with van der Waals surface area (Å²) in [5.41, 5.74) is 0.996. The van der Waals surface area contributed by atoms with Gasteiger partial charge in [0.05, 0.1) is 13.2 Å². The van der Waals surface area contributed by atoms with E-state index in [-0.39, 0.29) is 13.2 Å². The zero-order chi connectivity index (χ0) is 22.2. The van der Waals surface area contributed by atoms with Gasteiger partial charge in [-0.25, -0.2) is 9.59 Å². The summed E-state index contributed by atoms with van der Waals surface area (Å²) in [6.07, 6.45) is 1.56. The molecule has 3 rings (SSSR count). The first-order valence-electron chi connectivity index (χ1n) is 10.8. The van der Waals surface area contributed by atoms with Crippen LogP contribution in [0, 0.1) is 0 Å². The summed E-state index contributed by atoms with van der Waals surface area (Å²) in [6.45, 7) is 6.47. The summed E-state index contributed by atoms with van der Waals surface area (Å²) in [5, 5.41) is 2.71. The molecule has 0 saturated heterocycles. The van der Waals surface area contributed by atoms with Crippen LogP contribution in [0.3, 0.4) is 0 Å². The van der Waals surface area contributed by atoms with E-state index in [0.717, 1.165) is 23.8 Å². The number of aryl methyl sites for hydroxylation is 1. The van der Waals surface area contributed by atoms with Crippen LogP contribution >= 0.6 is 0 Å². The smallest absolute Gasteiger partial charge is 0.434 e. The van der Waals surface area contributed by atoms with Gasteiger partial charge >= 0.3 is 12.3 Å². The average molecular weight is 424 g/mol. The maximum absolute atomic E-state index is 12.4. The largest absolute Gasteiger partial charge is 0.513 e. The Morgan fingerprint density at radius 1 is 0.677 bits per heavy atom. The molecule has 0 aliphatic heterocycles. The highest BCUT2D eigenvalue weighted by atomic mass is 16.7. The topological polar surface area (TPSA) is 71.1 Å². The number of hydrogen-bond donors (Lipinski definition) is 0. The molecular weight excluding hydrogens is 396 g/mol.